The fourth-order valence-electron chi connectivity index (χ4n) is 3.46. The number of rotatable bonds is 2. The first-order valence-electron chi connectivity index (χ1n) is 8.36. The van der Waals surface area contributed by atoms with Gasteiger partial charge in [-0.1, -0.05) is 12.1 Å². The van der Waals surface area contributed by atoms with E-state index in [0.29, 0.717) is 16.6 Å². The summed E-state index contributed by atoms with van der Waals surface area (Å²) in [7, 11) is 1.84. The van der Waals surface area contributed by atoms with E-state index in [0.717, 1.165) is 33.3 Å². The highest BCUT2D eigenvalue weighted by Gasteiger charge is 2.19. The number of nitrogen functional groups attached to an aromatic ring is 1. The molecular formula is C19H15N7O. The normalized spacial score (nSPS) is 11.4. The van der Waals surface area contributed by atoms with E-state index in [2.05, 4.69) is 25.3 Å². The molecule has 0 spiro atoms. The minimum absolute atomic E-state index is 0.282. The number of anilines is 1. The fraction of sp³-hybridized carbons (Fsp3) is 0.0526. The highest BCUT2D eigenvalue weighted by Crippen LogP contribution is 2.38. The lowest BCUT2D eigenvalue weighted by Crippen LogP contribution is -2.10. The fourth-order valence-corrected chi connectivity index (χ4v) is 3.46. The van der Waals surface area contributed by atoms with Gasteiger partial charge in [0.1, 0.15) is 0 Å². The van der Waals surface area contributed by atoms with Crippen LogP contribution in [0, 0.1) is 0 Å². The molecular weight excluding hydrogens is 342 g/mol. The number of nitrogens with zero attached hydrogens (tertiary/aromatic N) is 4. The van der Waals surface area contributed by atoms with E-state index in [4.69, 9.17) is 5.73 Å². The number of hydrogen-bond donors (Lipinski definition) is 3. The molecule has 0 amide bonds. The van der Waals surface area contributed by atoms with Gasteiger partial charge in [0, 0.05) is 29.8 Å². The van der Waals surface area contributed by atoms with Crippen LogP contribution in [0.4, 0.5) is 5.69 Å². The number of H-pyrrole nitrogens is 2. The molecule has 0 saturated heterocycles. The van der Waals surface area contributed by atoms with Gasteiger partial charge in [-0.2, -0.15) is 10.2 Å². The Hall–Kier alpha value is -3.94. The summed E-state index contributed by atoms with van der Waals surface area (Å²) in [5.74, 6) is 0. The quantitative estimate of drug-likeness (QED) is 0.419. The highest BCUT2D eigenvalue weighted by molar-refractivity contribution is 6.09. The minimum atomic E-state index is -0.282. The van der Waals surface area contributed by atoms with Gasteiger partial charge in [-0.05, 0) is 23.8 Å². The van der Waals surface area contributed by atoms with Crippen LogP contribution in [0.15, 0.2) is 53.8 Å². The molecule has 0 radical (unpaired) electrons. The van der Waals surface area contributed by atoms with Gasteiger partial charge in [-0.3, -0.25) is 14.6 Å². The van der Waals surface area contributed by atoms with Crippen molar-refractivity contribution in [3.05, 3.63) is 59.4 Å². The molecule has 27 heavy (non-hydrogen) atoms. The third kappa shape index (κ3) is 2.23. The summed E-state index contributed by atoms with van der Waals surface area (Å²) in [5.41, 5.74) is 11.1. The third-order valence-corrected chi connectivity index (χ3v) is 4.72. The Morgan fingerprint density at radius 1 is 1.15 bits per heavy atom. The lowest BCUT2D eigenvalue weighted by molar-refractivity contribution is 0.771. The lowest BCUT2D eigenvalue weighted by Gasteiger charge is -2.13. The summed E-state index contributed by atoms with van der Waals surface area (Å²) < 4.78 is 1.71. The topological polar surface area (TPSA) is 118 Å². The summed E-state index contributed by atoms with van der Waals surface area (Å²) in [5, 5.41) is 12.8. The maximum absolute atomic E-state index is 12.6. The van der Waals surface area contributed by atoms with Gasteiger partial charge in [0.05, 0.1) is 40.3 Å². The second-order valence-electron chi connectivity index (χ2n) is 6.35. The molecule has 0 atom stereocenters. The van der Waals surface area contributed by atoms with Crippen molar-refractivity contribution in [3.63, 3.8) is 0 Å². The van der Waals surface area contributed by atoms with Gasteiger partial charge >= 0.3 is 0 Å². The monoisotopic (exact) mass is 357 g/mol. The van der Waals surface area contributed by atoms with E-state index < -0.39 is 0 Å². The summed E-state index contributed by atoms with van der Waals surface area (Å²) >= 11 is 0. The van der Waals surface area contributed by atoms with Crippen LogP contribution in [-0.4, -0.2) is 29.9 Å². The molecule has 0 aliphatic rings. The Morgan fingerprint density at radius 3 is 2.85 bits per heavy atom. The van der Waals surface area contributed by atoms with Gasteiger partial charge in [0.25, 0.3) is 5.56 Å². The molecule has 0 fully saturated rings. The predicted molar refractivity (Wildman–Crippen MR) is 104 cm³/mol. The number of hydrogen-bond acceptors (Lipinski definition) is 5. The molecule has 8 heteroatoms. The number of benzene rings is 2. The molecule has 5 rings (SSSR count). The molecule has 0 aliphatic heterocycles. The largest absolute Gasteiger partial charge is 0.398 e. The summed E-state index contributed by atoms with van der Waals surface area (Å²) in [6.07, 6.45) is 4.98. The zero-order valence-electron chi connectivity index (χ0n) is 14.4. The van der Waals surface area contributed by atoms with Crippen molar-refractivity contribution in [2.45, 2.75) is 0 Å². The number of nitrogens with one attached hydrogen (secondary N) is 2. The molecule has 2 aromatic carbocycles. The average molecular weight is 357 g/mol. The van der Waals surface area contributed by atoms with E-state index in [9.17, 15) is 4.79 Å². The maximum Gasteiger partial charge on any atom is 0.260 e. The second kappa shape index (κ2) is 5.53. The highest BCUT2D eigenvalue weighted by atomic mass is 16.1. The van der Waals surface area contributed by atoms with E-state index in [1.54, 1.807) is 10.9 Å². The first-order chi connectivity index (χ1) is 13.1. The molecule has 5 aromatic rings. The van der Waals surface area contributed by atoms with Gasteiger partial charge < -0.3 is 10.7 Å². The van der Waals surface area contributed by atoms with Gasteiger partial charge in [0.2, 0.25) is 0 Å². The van der Waals surface area contributed by atoms with Gasteiger partial charge in [-0.25, -0.2) is 4.98 Å². The predicted octanol–water partition coefficient (Wildman–Crippen LogP) is 2.45. The Balaban J connectivity index is 1.94. The van der Waals surface area contributed by atoms with Crippen LogP contribution in [0.1, 0.15) is 0 Å². The van der Waals surface area contributed by atoms with Crippen LogP contribution in [-0.2, 0) is 7.05 Å². The number of nitrogens with two attached hydrogens (primary N) is 1. The molecule has 0 unspecified atom stereocenters. The van der Waals surface area contributed by atoms with Crippen LogP contribution in [0.25, 0.3) is 44.2 Å². The number of aryl methyl sites for hydroxylation is 1. The van der Waals surface area contributed by atoms with Crippen LogP contribution >= 0.6 is 0 Å². The molecule has 8 nitrogen and oxygen atoms in total. The van der Waals surface area contributed by atoms with Crippen molar-refractivity contribution in [2.24, 2.45) is 7.05 Å². The van der Waals surface area contributed by atoms with Crippen molar-refractivity contribution < 1.29 is 0 Å². The lowest BCUT2D eigenvalue weighted by atomic mass is 9.94. The summed E-state index contributed by atoms with van der Waals surface area (Å²) in [4.78, 5) is 19.6. The molecule has 0 bridgehead atoms. The minimum Gasteiger partial charge on any atom is -0.398 e. The smallest absolute Gasteiger partial charge is 0.260 e. The Labute approximate surface area is 152 Å². The van der Waals surface area contributed by atoms with E-state index in [-0.39, 0.29) is 5.56 Å². The second-order valence-corrected chi connectivity index (χ2v) is 6.35. The van der Waals surface area contributed by atoms with E-state index in [1.807, 2.05) is 43.6 Å². The van der Waals surface area contributed by atoms with Gasteiger partial charge in [-0.15, -0.1) is 0 Å². The molecule has 0 saturated carbocycles. The van der Waals surface area contributed by atoms with Crippen molar-refractivity contribution in [2.75, 3.05) is 5.73 Å². The third-order valence-electron chi connectivity index (χ3n) is 4.72. The Bertz CT molecular complexity index is 1380. The molecule has 4 N–H and O–H groups in total. The Morgan fingerprint density at radius 2 is 2.04 bits per heavy atom. The van der Waals surface area contributed by atoms with E-state index >= 15 is 0 Å². The molecule has 3 heterocycles. The first kappa shape index (κ1) is 15.3. The molecule has 0 aliphatic carbocycles. The van der Waals surface area contributed by atoms with Crippen molar-refractivity contribution >= 4 is 27.5 Å². The average Bonchev–Trinajstić information content (AvgIpc) is 3.31. The first-order valence-corrected chi connectivity index (χ1v) is 8.36. The zero-order valence-corrected chi connectivity index (χ0v) is 14.4. The van der Waals surface area contributed by atoms with Crippen LogP contribution in [0.2, 0.25) is 0 Å². The summed E-state index contributed by atoms with van der Waals surface area (Å²) in [6.45, 7) is 0. The standard InChI is InChI=1S/C19H15N7O/c1-26-6-5-15(25-26)12-7-11(10-3-2-4-14-13(10)8-23-24-14)17(20)16-18(12)21-9-22-19(16)27/h2-9H,20H2,1H3,(H,23,24)(H,21,22,27). The molecule has 3 aromatic heterocycles. The summed E-state index contributed by atoms with van der Waals surface area (Å²) in [6, 6.07) is 9.65. The van der Waals surface area contributed by atoms with Crippen LogP contribution < -0.4 is 11.3 Å². The van der Waals surface area contributed by atoms with E-state index in [1.165, 1.54) is 6.33 Å². The van der Waals surface area contributed by atoms with Crippen molar-refractivity contribution in [1.29, 1.82) is 0 Å². The number of fused-ring (bicyclic) bond motifs is 2. The van der Waals surface area contributed by atoms with Crippen molar-refractivity contribution in [3.8, 4) is 22.4 Å². The Kier molecular flexibility index (Phi) is 3.14. The number of aromatic nitrogens is 6. The SMILES string of the molecule is Cn1ccc(-c2cc(-c3cccc4[nH]ncc34)c(N)c3c(=O)[nH]cnc23)n1. The number of aromatic amines is 2. The van der Waals surface area contributed by atoms with Crippen LogP contribution in [0.3, 0.4) is 0 Å². The zero-order chi connectivity index (χ0) is 18.5. The van der Waals surface area contributed by atoms with Crippen LogP contribution in [0.5, 0.6) is 0 Å². The maximum atomic E-state index is 12.6. The molecule has 132 valence electrons. The van der Waals surface area contributed by atoms with Gasteiger partial charge in [0.15, 0.2) is 0 Å². The van der Waals surface area contributed by atoms with Crippen molar-refractivity contribution in [1.82, 2.24) is 29.9 Å².